The summed E-state index contributed by atoms with van der Waals surface area (Å²) in [4.78, 5) is 7.50. The fraction of sp³-hybridized carbons (Fsp3) is 0.850. The third kappa shape index (κ3) is 7.13. The van der Waals surface area contributed by atoms with Crippen molar-refractivity contribution in [3.8, 4) is 0 Å². The minimum absolute atomic E-state index is 0.0938. The van der Waals surface area contributed by atoms with Crippen LogP contribution in [-0.2, 0) is 13.0 Å². The van der Waals surface area contributed by atoms with Crippen LogP contribution in [0.25, 0.3) is 0 Å². The van der Waals surface area contributed by atoms with E-state index in [4.69, 9.17) is 4.99 Å². The van der Waals surface area contributed by atoms with Crippen LogP contribution in [-0.4, -0.2) is 63.9 Å². The molecule has 0 aliphatic carbocycles. The van der Waals surface area contributed by atoms with Crippen molar-refractivity contribution in [1.82, 2.24) is 30.3 Å². The first-order valence-corrected chi connectivity index (χ1v) is 10.6. The molecule has 0 bridgehead atoms. The van der Waals surface area contributed by atoms with Crippen LogP contribution in [0.3, 0.4) is 0 Å². The molecule has 1 fully saturated rings. The summed E-state index contributed by atoms with van der Waals surface area (Å²) >= 11 is 0. The molecule has 1 aliphatic rings. The molecular weight excluding hydrogens is 338 g/mol. The van der Waals surface area contributed by atoms with Gasteiger partial charge in [-0.2, -0.15) is 0 Å². The molecule has 7 heteroatoms. The Hall–Kier alpha value is -1.63. The van der Waals surface area contributed by atoms with Gasteiger partial charge in [-0.25, -0.2) is 0 Å². The Kier molecular flexibility index (Phi) is 8.54. The van der Waals surface area contributed by atoms with Crippen LogP contribution < -0.4 is 10.6 Å². The van der Waals surface area contributed by atoms with E-state index in [0.29, 0.717) is 5.92 Å². The highest BCUT2D eigenvalue weighted by Crippen LogP contribution is 2.20. The number of hydrogen-bond donors (Lipinski definition) is 2. The average Bonchev–Trinajstić information content (AvgIpc) is 3.11. The number of likely N-dealkylation sites (tertiary alicyclic amines) is 1. The molecule has 1 saturated heterocycles. The number of aryl methyl sites for hydroxylation is 1. The summed E-state index contributed by atoms with van der Waals surface area (Å²) in [6.45, 7) is 16.9. The van der Waals surface area contributed by atoms with Crippen molar-refractivity contribution in [2.45, 2.75) is 72.4 Å². The minimum atomic E-state index is 0.0938. The van der Waals surface area contributed by atoms with E-state index in [-0.39, 0.29) is 5.54 Å². The van der Waals surface area contributed by atoms with Gasteiger partial charge in [-0.05, 0) is 45.7 Å². The van der Waals surface area contributed by atoms with Crippen LogP contribution >= 0.6 is 0 Å². The predicted octanol–water partition coefficient (Wildman–Crippen LogP) is 2.30. The fourth-order valence-corrected chi connectivity index (χ4v) is 3.38. The molecule has 2 N–H and O–H groups in total. The molecule has 1 aromatic heterocycles. The van der Waals surface area contributed by atoms with Gasteiger partial charge in [0.2, 0.25) is 0 Å². The Morgan fingerprint density at radius 2 is 1.96 bits per heavy atom. The SMILES string of the molecule is CCc1nncn1CCNC(=NCC(C)(C)N1CCCCC1)NCC(C)C. The van der Waals surface area contributed by atoms with Crippen LogP contribution in [0.5, 0.6) is 0 Å². The van der Waals surface area contributed by atoms with Crippen LogP contribution in [0.4, 0.5) is 0 Å². The predicted molar refractivity (Wildman–Crippen MR) is 112 cm³/mol. The van der Waals surface area contributed by atoms with Gasteiger partial charge in [0, 0.05) is 31.6 Å². The first-order valence-electron chi connectivity index (χ1n) is 10.6. The molecule has 0 aromatic carbocycles. The van der Waals surface area contributed by atoms with Crippen LogP contribution in [0.15, 0.2) is 11.3 Å². The van der Waals surface area contributed by atoms with Crippen molar-refractivity contribution in [2.75, 3.05) is 32.7 Å². The highest BCUT2D eigenvalue weighted by Gasteiger charge is 2.27. The smallest absolute Gasteiger partial charge is 0.191 e. The van der Waals surface area contributed by atoms with Crippen molar-refractivity contribution in [1.29, 1.82) is 0 Å². The largest absolute Gasteiger partial charge is 0.356 e. The first-order chi connectivity index (χ1) is 12.9. The fourth-order valence-electron chi connectivity index (χ4n) is 3.38. The lowest BCUT2D eigenvalue weighted by Gasteiger charge is -2.40. The maximum Gasteiger partial charge on any atom is 0.191 e. The summed E-state index contributed by atoms with van der Waals surface area (Å²) in [6.07, 6.45) is 6.68. The van der Waals surface area contributed by atoms with E-state index >= 15 is 0 Å². The Morgan fingerprint density at radius 3 is 2.63 bits per heavy atom. The van der Waals surface area contributed by atoms with Crippen LogP contribution in [0, 0.1) is 5.92 Å². The van der Waals surface area contributed by atoms with Gasteiger partial charge in [-0.15, -0.1) is 10.2 Å². The van der Waals surface area contributed by atoms with Gasteiger partial charge in [0.05, 0.1) is 6.54 Å². The molecule has 0 radical (unpaired) electrons. The summed E-state index contributed by atoms with van der Waals surface area (Å²) in [7, 11) is 0. The highest BCUT2D eigenvalue weighted by atomic mass is 15.3. The zero-order chi connectivity index (χ0) is 19.7. The van der Waals surface area contributed by atoms with Crippen molar-refractivity contribution >= 4 is 5.96 Å². The molecule has 7 nitrogen and oxygen atoms in total. The molecule has 2 heterocycles. The maximum atomic E-state index is 4.92. The summed E-state index contributed by atoms with van der Waals surface area (Å²) < 4.78 is 2.10. The van der Waals surface area contributed by atoms with E-state index in [1.165, 1.54) is 32.4 Å². The van der Waals surface area contributed by atoms with E-state index in [1.807, 2.05) is 0 Å². The van der Waals surface area contributed by atoms with Gasteiger partial charge < -0.3 is 15.2 Å². The van der Waals surface area contributed by atoms with Gasteiger partial charge in [0.15, 0.2) is 5.96 Å². The standard InChI is InChI=1S/C20H39N7/c1-6-18-25-24-16-26(18)13-10-21-19(22-14-17(2)3)23-15-20(4,5)27-11-8-7-9-12-27/h16-17H,6-15H2,1-5H3,(H2,21,22,23). The van der Waals surface area contributed by atoms with Crippen LogP contribution in [0.2, 0.25) is 0 Å². The Balaban J connectivity index is 1.92. The molecule has 1 aliphatic heterocycles. The number of guanidine groups is 1. The van der Waals surface area contributed by atoms with Gasteiger partial charge in [0.25, 0.3) is 0 Å². The van der Waals surface area contributed by atoms with Gasteiger partial charge in [0.1, 0.15) is 12.2 Å². The highest BCUT2D eigenvalue weighted by molar-refractivity contribution is 5.79. The molecule has 0 unspecified atom stereocenters. The molecular formula is C20H39N7. The van der Waals surface area contributed by atoms with Crippen LogP contribution in [0.1, 0.15) is 59.7 Å². The third-order valence-corrected chi connectivity index (χ3v) is 5.17. The third-order valence-electron chi connectivity index (χ3n) is 5.17. The molecule has 0 saturated carbocycles. The number of piperidine rings is 1. The first kappa shape index (κ1) is 21.7. The second-order valence-corrected chi connectivity index (χ2v) is 8.52. The van der Waals surface area contributed by atoms with Gasteiger partial charge >= 0.3 is 0 Å². The monoisotopic (exact) mass is 377 g/mol. The molecule has 154 valence electrons. The topological polar surface area (TPSA) is 70.4 Å². The number of aromatic nitrogens is 3. The van der Waals surface area contributed by atoms with E-state index in [2.05, 4.69) is 64.9 Å². The van der Waals surface area contributed by atoms with Crippen molar-refractivity contribution < 1.29 is 0 Å². The van der Waals surface area contributed by atoms with Crippen molar-refractivity contribution in [3.05, 3.63) is 12.2 Å². The maximum absolute atomic E-state index is 4.92. The quantitative estimate of drug-likeness (QED) is 0.510. The molecule has 2 rings (SSSR count). The number of hydrogen-bond acceptors (Lipinski definition) is 4. The molecule has 1 aromatic rings. The molecule has 27 heavy (non-hydrogen) atoms. The van der Waals surface area contributed by atoms with Crippen molar-refractivity contribution in [2.24, 2.45) is 10.9 Å². The number of aliphatic imine (C=N–C) groups is 1. The van der Waals surface area contributed by atoms with Gasteiger partial charge in [-0.1, -0.05) is 27.2 Å². The zero-order valence-corrected chi connectivity index (χ0v) is 18.0. The van der Waals surface area contributed by atoms with E-state index in [0.717, 1.165) is 44.4 Å². The minimum Gasteiger partial charge on any atom is -0.356 e. The lowest BCUT2D eigenvalue weighted by Crippen LogP contribution is -2.50. The average molecular weight is 378 g/mol. The van der Waals surface area contributed by atoms with E-state index in [1.54, 1.807) is 6.33 Å². The normalized spacial score (nSPS) is 16.7. The lowest BCUT2D eigenvalue weighted by molar-refractivity contribution is 0.102. The second kappa shape index (κ2) is 10.6. The summed E-state index contributed by atoms with van der Waals surface area (Å²) in [5.41, 5.74) is 0.0938. The van der Waals surface area contributed by atoms with E-state index in [9.17, 15) is 0 Å². The Morgan fingerprint density at radius 1 is 1.22 bits per heavy atom. The molecule has 0 atom stereocenters. The number of nitrogens with one attached hydrogen (secondary N) is 2. The number of rotatable bonds is 9. The Bertz CT molecular complexity index is 571. The van der Waals surface area contributed by atoms with Gasteiger partial charge in [-0.3, -0.25) is 9.89 Å². The molecule has 0 spiro atoms. The summed E-state index contributed by atoms with van der Waals surface area (Å²) in [6, 6.07) is 0. The summed E-state index contributed by atoms with van der Waals surface area (Å²) in [5.74, 6) is 2.51. The Labute approximate surface area is 165 Å². The summed E-state index contributed by atoms with van der Waals surface area (Å²) in [5, 5.41) is 15.1. The zero-order valence-electron chi connectivity index (χ0n) is 18.0. The second-order valence-electron chi connectivity index (χ2n) is 8.52. The van der Waals surface area contributed by atoms with Crippen molar-refractivity contribution in [3.63, 3.8) is 0 Å². The molecule has 0 amide bonds. The lowest BCUT2D eigenvalue weighted by atomic mass is 9.99. The number of nitrogens with zero attached hydrogens (tertiary/aromatic N) is 5. The van der Waals surface area contributed by atoms with E-state index < -0.39 is 0 Å².